The standard InChI is InChI=1S/C12H10ClNO4/c1-17-9-4-3-6-8(15)5-7(12(16)18-2)14-11(6)10(9)13/h3-5H,1-2H3,(H,14,15). The van der Waals surface area contributed by atoms with Crippen LogP contribution in [0.15, 0.2) is 18.2 Å². The first kappa shape index (κ1) is 12.4. The average Bonchev–Trinajstić information content (AvgIpc) is 2.38. The number of rotatable bonds is 2. The predicted molar refractivity (Wildman–Crippen MR) is 66.3 cm³/mol. The summed E-state index contributed by atoms with van der Waals surface area (Å²) >= 11 is 6.08. The van der Waals surface area contributed by atoms with Crippen LogP contribution in [0.25, 0.3) is 10.9 Å². The van der Waals surface area contributed by atoms with E-state index in [0.29, 0.717) is 11.1 Å². The normalized spacial score (nSPS) is 10.4. The second-order valence-corrected chi connectivity index (χ2v) is 3.87. The summed E-state index contributed by atoms with van der Waals surface area (Å²) in [5, 5.41) is 10.5. The van der Waals surface area contributed by atoms with Gasteiger partial charge >= 0.3 is 5.97 Å². The highest BCUT2D eigenvalue weighted by atomic mass is 35.5. The molecule has 6 heteroatoms. The van der Waals surface area contributed by atoms with Gasteiger partial charge < -0.3 is 14.6 Å². The average molecular weight is 268 g/mol. The van der Waals surface area contributed by atoms with Gasteiger partial charge in [0.1, 0.15) is 16.5 Å². The molecule has 0 saturated carbocycles. The van der Waals surface area contributed by atoms with E-state index in [4.69, 9.17) is 16.3 Å². The predicted octanol–water partition coefficient (Wildman–Crippen LogP) is 2.39. The minimum atomic E-state index is -0.647. The van der Waals surface area contributed by atoms with Gasteiger partial charge in [-0.1, -0.05) is 11.6 Å². The summed E-state index contributed by atoms with van der Waals surface area (Å²) in [6, 6.07) is 4.46. The number of methoxy groups -OCH3 is 2. The van der Waals surface area contributed by atoms with Crippen LogP contribution in [0.4, 0.5) is 0 Å². The lowest BCUT2D eigenvalue weighted by Crippen LogP contribution is -2.04. The number of benzene rings is 1. The molecule has 0 unspecified atom stereocenters. The molecule has 1 aromatic heterocycles. The van der Waals surface area contributed by atoms with Crippen molar-refractivity contribution < 1.29 is 19.4 Å². The quantitative estimate of drug-likeness (QED) is 0.846. The van der Waals surface area contributed by atoms with Crippen LogP contribution in [0.2, 0.25) is 5.02 Å². The Kier molecular flexibility index (Phi) is 3.25. The summed E-state index contributed by atoms with van der Waals surface area (Å²) in [5.41, 5.74) is 0.272. The van der Waals surface area contributed by atoms with Gasteiger partial charge in [0.05, 0.1) is 19.7 Å². The second kappa shape index (κ2) is 4.70. The highest BCUT2D eigenvalue weighted by Crippen LogP contribution is 2.35. The van der Waals surface area contributed by atoms with Gasteiger partial charge in [0.15, 0.2) is 5.69 Å². The number of hydrogen-bond acceptors (Lipinski definition) is 5. The molecule has 5 nitrogen and oxygen atoms in total. The van der Waals surface area contributed by atoms with E-state index >= 15 is 0 Å². The molecule has 0 saturated heterocycles. The van der Waals surface area contributed by atoms with Crippen molar-refractivity contribution in [1.82, 2.24) is 4.98 Å². The third kappa shape index (κ3) is 1.93. The van der Waals surface area contributed by atoms with Crippen molar-refractivity contribution in [3.05, 3.63) is 28.9 Å². The number of carbonyl (C=O) groups is 1. The number of halogens is 1. The molecule has 1 heterocycles. The Labute approximate surface area is 108 Å². The summed E-state index contributed by atoms with van der Waals surface area (Å²) in [6.45, 7) is 0. The van der Waals surface area contributed by atoms with Crippen molar-refractivity contribution in [3.8, 4) is 11.5 Å². The summed E-state index contributed by atoms with van der Waals surface area (Å²) in [7, 11) is 2.70. The van der Waals surface area contributed by atoms with Crippen LogP contribution in [0.3, 0.4) is 0 Å². The number of aromatic hydroxyl groups is 1. The van der Waals surface area contributed by atoms with E-state index in [9.17, 15) is 9.90 Å². The molecule has 1 N–H and O–H groups in total. The number of fused-ring (bicyclic) bond motifs is 1. The lowest BCUT2D eigenvalue weighted by atomic mass is 10.1. The van der Waals surface area contributed by atoms with Gasteiger partial charge in [-0.2, -0.15) is 0 Å². The van der Waals surface area contributed by atoms with Crippen LogP contribution in [0, 0.1) is 0 Å². The molecule has 2 aromatic rings. The number of aromatic nitrogens is 1. The maximum Gasteiger partial charge on any atom is 0.356 e. The van der Waals surface area contributed by atoms with E-state index in [1.54, 1.807) is 12.1 Å². The van der Waals surface area contributed by atoms with E-state index in [2.05, 4.69) is 9.72 Å². The molecule has 0 aliphatic rings. The zero-order valence-corrected chi connectivity index (χ0v) is 10.5. The molecule has 1 aromatic carbocycles. The molecule has 0 spiro atoms. The lowest BCUT2D eigenvalue weighted by Gasteiger charge is -2.08. The van der Waals surface area contributed by atoms with Gasteiger partial charge in [0.2, 0.25) is 0 Å². The SMILES string of the molecule is COC(=O)c1cc(O)c2ccc(OC)c(Cl)c2n1. The molecule has 94 valence electrons. The van der Waals surface area contributed by atoms with Crippen molar-refractivity contribution >= 4 is 28.5 Å². The molecule has 0 amide bonds. The van der Waals surface area contributed by atoms with Crippen LogP contribution in [0.1, 0.15) is 10.5 Å². The molecule has 0 fully saturated rings. The Bertz CT molecular complexity index is 627. The fourth-order valence-corrected chi connectivity index (χ4v) is 1.87. The molecule has 0 aliphatic heterocycles. The Morgan fingerprint density at radius 3 is 2.72 bits per heavy atom. The van der Waals surface area contributed by atoms with E-state index in [-0.39, 0.29) is 22.0 Å². The smallest absolute Gasteiger partial charge is 0.356 e. The van der Waals surface area contributed by atoms with Crippen molar-refractivity contribution in [1.29, 1.82) is 0 Å². The minimum absolute atomic E-state index is 0.0161. The molecule has 0 radical (unpaired) electrons. The molecular weight excluding hydrogens is 258 g/mol. The number of hydrogen-bond donors (Lipinski definition) is 1. The summed E-state index contributed by atoms with van der Waals surface area (Å²) in [4.78, 5) is 15.5. The number of carbonyl (C=O) groups excluding carboxylic acids is 1. The highest BCUT2D eigenvalue weighted by Gasteiger charge is 2.15. The third-order valence-electron chi connectivity index (χ3n) is 2.48. The molecular formula is C12H10ClNO4. The first-order chi connectivity index (χ1) is 8.58. The second-order valence-electron chi connectivity index (χ2n) is 3.50. The summed E-state index contributed by atoms with van der Waals surface area (Å²) in [6.07, 6.45) is 0. The largest absolute Gasteiger partial charge is 0.507 e. The van der Waals surface area contributed by atoms with Crippen molar-refractivity contribution in [2.45, 2.75) is 0 Å². The maximum absolute atomic E-state index is 11.4. The van der Waals surface area contributed by atoms with Crippen molar-refractivity contribution in [2.24, 2.45) is 0 Å². The zero-order chi connectivity index (χ0) is 13.3. The monoisotopic (exact) mass is 267 g/mol. The molecule has 2 rings (SSSR count). The number of esters is 1. The van der Waals surface area contributed by atoms with E-state index < -0.39 is 5.97 Å². The van der Waals surface area contributed by atoms with Crippen LogP contribution >= 0.6 is 11.6 Å². The Morgan fingerprint density at radius 2 is 2.11 bits per heavy atom. The summed E-state index contributed by atoms with van der Waals surface area (Å²) < 4.78 is 9.60. The van der Waals surface area contributed by atoms with E-state index in [1.807, 2.05) is 0 Å². The fourth-order valence-electron chi connectivity index (χ4n) is 1.59. The maximum atomic E-state index is 11.4. The Balaban J connectivity index is 2.76. The molecule has 0 atom stereocenters. The summed E-state index contributed by atoms with van der Waals surface area (Å²) in [5.74, 6) is -0.325. The van der Waals surface area contributed by atoms with Gasteiger partial charge in [0, 0.05) is 11.5 Å². The van der Waals surface area contributed by atoms with Crippen LogP contribution in [0.5, 0.6) is 11.5 Å². The van der Waals surface area contributed by atoms with Crippen molar-refractivity contribution in [3.63, 3.8) is 0 Å². The van der Waals surface area contributed by atoms with E-state index in [1.165, 1.54) is 20.3 Å². The van der Waals surface area contributed by atoms with E-state index in [0.717, 1.165) is 0 Å². The molecule has 18 heavy (non-hydrogen) atoms. The number of pyridine rings is 1. The van der Waals surface area contributed by atoms with Gasteiger partial charge in [0.25, 0.3) is 0 Å². The van der Waals surface area contributed by atoms with Gasteiger partial charge in [-0.05, 0) is 12.1 Å². The van der Waals surface area contributed by atoms with Crippen LogP contribution < -0.4 is 4.74 Å². The zero-order valence-electron chi connectivity index (χ0n) is 9.73. The number of nitrogens with zero attached hydrogens (tertiary/aromatic N) is 1. The Hall–Kier alpha value is -2.01. The third-order valence-corrected chi connectivity index (χ3v) is 2.84. The fraction of sp³-hybridized carbons (Fsp3) is 0.167. The number of ether oxygens (including phenoxy) is 2. The topological polar surface area (TPSA) is 68.7 Å². The van der Waals surface area contributed by atoms with Gasteiger partial charge in [-0.15, -0.1) is 0 Å². The van der Waals surface area contributed by atoms with Gasteiger partial charge in [-0.25, -0.2) is 9.78 Å². The highest BCUT2D eigenvalue weighted by molar-refractivity contribution is 6.36. The first-order valence-electron chi connectivity index (χ1n) is 5.03. The lowest BCUT2D eigenvalue weighted by molar-refractivity contribution is 0.0594. The van der Waals surface area contributed by atoms with Crippen LogP contribution in [-0.2, 0) is 4.74 Å². The molecule has 0 aliphatic carbocycles. The van der Waals surface area contributed by atoms with Crippen LogP contribution in [-0.4, -0.2) is 30.3 Å². The van der Waals surface area contributed by atoms with Crippen molar-refractivity contribution in [2.75, 3.05) is 14.2 Å². The first-order valence-corrected chi connectivity index (χ1v) is 5.40. The Morgan fingerprint density at radius 1 is 1.39 bits per heavy atom. The minimum Gasteiger partial charge on any atom is -0.507 e. The van der Waals surface area contributed by atoms with Gasteiger partial charge in [-0.3, -0.25) is 0 Å². The molecule has 0 bridgehead atoms.